The number of halogens is 1. The number of nitrogens with zero attached hydrogens (tertiary/aromatic N) is 3. The quantitative estimate of drug-likeness (QED) is 0.878. The van der Waals surface area contributed by atoms with Gasteiger partial charge in [-0.05, 0) is 19.4 Å². The second-order valence-corrected chi connectivity index (χ2v) is 4.70. The minimum atomic E-state index is -0.377. The van der Waals surface area contributed by atoms with Gasteiger partial charge >= 0.3 is 0 Å². The molecule has 5 heteroatoms. The Morgan fingerprint density at radius 3 is 3.19 bits per heavy atom. The van der Waals surface area contributed by atoms with Crippen LogP contribution in [0, 0.1) is 11.3 Å². The molecule has 1 N–H and O–H groups in total. The predicted octanol–water partition coefficient (Wildman–Crippen LogP) is 2.13. The summed E-state index contributed by atoms with van der Waals surface area (Å²) in [5.74, 6) is 0. The summed E-state index contributed by atoms with van der Waals surface area (Å²) in [6.07, 6.45) is 6.11. The molecular weight excluding hydrogens is 224 g/mol. The Balaban J connectivity index is 2.10. The van der Waals surface area contributed by atoms with E-state index in [0.29, 0.717) is 5.02 Å². The molecule has 86 valence electrons. The van der Waals surface area contributed by atoms with Crippen molar-refractivity contribution in [2.75, 3.05) is 6.54 Å². The van der Waals surface area contributed by atoms with Crippen LogP contribution in [0.15, 0.2) is 12.4 Å². The molecule has 1 heterocycles. The maximum absolute atomic E-state index is 9.25. The summed E-state index contributed by atoms with van der Waals surface area (Å²) in [5.41, 5.74) is -0.377. The minimum Gasteiger partial charge on any atom is -0.300 e. The average molecular weight is 239 g/mol. The highest BCUT2D eigenvalue weighted by molar-refractivity contribution is 6.30. The number of nitrogens with one attached hydrogen (secondary N) is 1. The van der Waals surface area contributed by atoms with Gasteiger partial charge in [0.25, 0.3) is 0 Å². The summed E-state index contributed by atoms with van der Waals surface area (Å²) in [4.78, 5) is 0. The first kappa shape index (κ1) is 11.4. The first-order chi connectivity index (χ1) is 7.69. The van der Waals surface area contributed by atoms with Crippen molar-refractivity contribution in [2.45, 2.75) is 37.8 Å². The number of nitriles is 1. The highest BCUT2D eigenvalue weighted by Gasteiger charge is 2.39. The van der Waals surface area contributed by atoms with Crippen LogP contribution in [-0.2, 0) is 0 Å². The molecule has 2 rings (SSSR count). The van der Waals surface area contributed by atoms with E-state index in [1.54, 1.807) is 6.20 Å². The highest BCUT2D eigenvalue weighted by atomic mass is 35.5. The van der Waals surface area contributed by atoms with E-state index < -0.39 is 0 Å². The monoisotopic (exact) mass is 238 g/mol. The number of hydrogen-bond donors (Lipinski definition) is 1. The van der Waals surface area contributed by atoms with Gasteiger partial charge in [0.2, 0.25) is 0 Å². The van der Waals surface area contributed by atoms with Crippen LogP contribution in [0.25, 0.3) is 0 Å². The summed E-state index contributed by atoms with van der Waals surface area (Å²) in [6, 6.07) is 2.68. The molecule has 0 aromatic carbocycles. The molecule has 1 fully saturated rings. The minimum absolute atomic E-state index is 0.284. The van der Waals surface area contributed by atoms with Gasteiger partial charge in [-0.15, -0.1) is 0 Å². The van der Waals surface area contributed by atoms with Crippen LogP contribution in [0.3, 0.4) is 0 Å². The van der Waals surface area contributed by atoms with E-state index in [9.17, 15) is 5.26 Å². The van der Waals surface area contributed by atoms with Gasteiger partial charge in [-0.1, -0.05) is 18.5 Å². The van der Waals surface area contributed by atoms with Crippen molar-refractivity contribution in [1.29, 1.82) is 5.26 Å². The van der Waals surface area contributed by atoms with Gasteiger partial charge in [0.15, 0.2) is 0 Å². The lowest BCUT2D eigenvalue weighted by molar-refractivity contribution is 0.395. The Kier molecular flexibility index (Phi) is 3.17. The van der Waals surface area contributed by atoms with Crippen molar-refractivity contribution in [3.63, 3.8) is 0 Å². The molecule has 4 nitrogen and oxygen atoms in total. The SMILES string of the molecule is CCNC1(C#N)CCC(n2cc(Cl)cn2)C1. The maximum atomic E-state index is 9.25. The third kappa shape index (κ3) is 2.06. The van der Waals surface area contributed by atoms with Crippen LogP contribution in [0.5, 0.6) is 0 Å². The molecule has 1 aliphatic rings. The zero-order valence-corrected chi connectivity index (χ0v) is 10.0. The first-order valence-corrected chi connectivity index (χ1v) is 5.93. The van der Waals surface area contributed by atoms with Gasteiger partial charge in [-0.2, -0.15) is 10.4 Å². The fourth-order valence-corrected chi connectivity index (χ4v) is 2.54. The van der Waals surface area contributed by atoms with Gasteiger partial charge in [0, 0.05) is 12.6 Å². The second kappa shape index (κ2) is 4.44. The second-order valence-electron chi connectivity index (χ2n) is 4.26. The summed E-state index contributed by atoms with van der Waals surface area (Å²) < 4.78 is 1.87. The molecule has 0 bridgehead atoms. The summed E-state index contributed by atoms with van der Waals surface area (Å²) in [6.45, 7) is 2.84. The zero-order valence-electron chi connectivity index (χ0n) is 9.28. The smallest absolute Gasteiger partial charge is 0.108 e. The molecule has 0 radical (unpaired) electrons. The Bertz CT molecular complexity index is 408. The molecule has 1 aromatic heterocycles. The molecule has 0 spiro atoms. The van der Waals surface area contributed by atoms with E-state index in [4.69, 9.17) is 11.6 Å². The molecule has 1 saturated carbocycles. The van der Waals surface area contributed by atoms with Crippen molar-refractivity contribution < 1.29 is 0 Å². The lowest BCUT2D eigenvalue weighted by atomic mass is 9.99. The molecule has 1 aromatic rings. The normalized spacial score (nSPS) is 29.2. The van der Waals surface area contributed by atoms with Gasteiger partial charge in [-0.3, -0.25) is 10.00 Å². The summed E-state index contributed by atoms with van der Waals surface area (Å²) in [7, 11) is 0. The largest absolute Gasteiger partial charge is 0.300 e. The topological polar surface area (TPSA) is 53.6 Å². The van der Waals surface area contributed by atoms with Crippen molar-refractivity contribution in [2.24, 2.45) is 0 Å². The number of hydrogen-bond acceptors (Lipinski definition) is 3. The molecule has 2 atom stereocenters. The fourth-order valence-electron chi connectivity index (χ4n) is 2.40. The van der Waals surface area contributed by atoms with Crippen molar-refractivity contribution in [1.82, 2.24) is 15.1 Å². The first-order valence-electron chi connectivity index (χ1n) is 5.55. The molecule has 0 amide bonds. The van der Waals surface area contributed by atoms with Crippen LogP contribution in [0.2, 0.25) is 5.02 Å². The van der Waals surface area contributed by atoms with Gasteiger partial charge < -0.3 is 0 Å². The van der Waals surface area contributed by atoms with Crippen LogP contribution in [-0.4, -0.2) is 21.9 Å². The maximum Gasteiger partial charge on any atom is 0.108 e. The fraction of sp³-hybridized carbons (Fsp3) is 0.636. The van der Waals surface area contributed by atoms with E-state index in [-0.39, 0.29) is 11.6 Å². The zero-order chi connectivity index (χ0) is 11.6. The Labute approximate surface area is 100 Å². The van der Waals surface area contributed by atoms with E-state index in [1.165, 1.54) is 0 Å². The van der Waals surface area contributed by atoms with Gasteiger partial charge in [0.1, 0.15) is 5.54 Å². The van der Waals surface area contributed by atoms with E-state index in [0.717, 1.165) is 25.8 Å². The molecule has 0 saturated heterocycles. The van der Waals surface area contributed by atoms with Crippen LogP contribution in [0.1, 0.15) is 32.2 Å². The number of aromatic nitrogens is 2. The lowest BCUT2D eigenvalue weighted by Gasteiger charge is -2.21. The summed E-state index contributed by atoms with van der Waals surface area (Å²) >= 11 is 5.84. The predicted molar refractivity (Wildman–Crippen MR) is 62.1 cm³/mol. The van der Waals surface area contributed by atoms with E-state index in [1.807, 2.05) is 17.8 Å². The van der Waals surface area contributed by atoms with E-state index in [2.05, 4.69) is 16.5 Å². The Morgan fingerprint density at radius 2 is 2.62 bits per heavy atom. The molecule has 2 unspecified atom stereocenters. The molecule has 1 aliphatic carbocycles. The average Bonchev–Trinajstić information content (AvgIpc) is 2.86. The van der Waals surface area contributed by atoms with Gasteiger partial charge in [0.05, 0.1) is 23.3 Å². The standard InChI is InChI=1S/C11H15ClN4/c1-2-14-11(8-13)4-3-10(5-11)16-7-9(12)6-15-16/h6-7,10,14H,2-5H2,1H3. The third-order valence-electron chi connectivity index (χ3n) is 3.16. The molecule has 16 heavy (non-hydrogen) atoms. The van der Waals surface area contributed by atoms with Crippen LogP contribution in [0.4, 0.5) is 0 Å². The number of rotatable bonds is 3. The summed E-state index contributed by atoms with van der Waals surface area (Å²) in [5, 5.41) is 17.4. The third-order valence-corrected chi connectivity index (χ3v) is 3.36. The van der Waals surface area contributed by atoms with Crippen molar-refractivity contribution in [3.8, 4) is 6.07 Å². The molecule has 0 aliphatic heterocycles. The Hall–Kier alpha value is -1.05. The Morgan fingerprint density at radius 1 is 1.81 bits per heavy atom. The van der Waals surface area contributed by atoms with Gasteiger partial charge in [-0.25, -0.2) is 0 Å². The highest BCUT2D eigenvalue weighted by Crippen LogP contribution is 2.37. The van der Waals surface area contributed by atoms with E-state index >= 15 is 0 Å². The van der Waals surface area contributed by atoms with Crippen molar-refractivity contribution in [3.05, 3.63) is 17.4 Å². The van der Waals surface area contributed by atoms with Crippen LogP contribution >= 0.6 is 11.6 Å². The van der Waals surface area contributed by atoms with Crippen LogP contribution < -0.4 is 5.32 Å². The van der Waals surface area contributed by atoms with Crippen molar-refractivity contribution >= 4 is 11.6 Å². The lowest BCUT2D eigenvalue weighted by Crippen LogP contribution is -2.41. The molecular formula is C11H15ClN4.